The number of carbonyl (C=O) groups is 1. The Morgan fingerprint density at radius 1 is 1.25 bits per heavy atom. The Bertz CT molecular complexity index is 869. The lowest BCUT2D eigenvalue weighted by atomic mass is 10.2. The molecule has 0 aliphatic heterocycles. The quantitative estimate of drug-likeness (QED) is 0.836. The highest BCUT2D eigenvalue weighted by Crippen LogP contribution is 2.26. The largest absolute Gasteiger partial charge is 0.465 e. The molecule has 1 heterocycles. The fraction of sp³-hybridized carbons (Fsp3) is 0.375. The molecule has 24 heavy (non-hydrogen) atoms. The van der Waals surface area contributed by atoms with Gasteiger partial charge in [0.1, 0.15) is 4.90 Å². The summed E-state index contributed by atoms with van der Waals surface area (Å²) in [4.78, 5) is 11.9. The molecule has 0 amide bonds. The van der Waals surface area contributed by atoms with Gasteiger partial charge in [-0.05, 0) is 39.8 Å². The predicted molar refractivity (Wildman–Crippen MR) is 90.7 cm³/mol. The Kier molecular flexibility index (Phi) is 4.98. The summed E-state index contributed by atoms with van der Waals surface area (Å²) < 4.78 is 34.5. The number of sulfonamides is 1. The second-order valence-electron chi connectivity index (χ2n) is 5.68. The maximum Gasteiger partial charge on any atom is 0.339 e. The monoisotopic (exact) mass is 351 g/mol. The smallest absolute Gasteiger partial charge is 0.339 e. The molecule has 0 saturated carbocycles. The molecule has 2 rings (SSSR count). The van der Waals surface area contributed by atoms with E-state index in [2.05, 4.69) is 14.6 Å². The van der Waals surface area contributed by atoms with Crippen LogP contribution in [0.5, 0.6) is 0 Å². The van der Waals surface area contributed by atoms with E-state index in [4.69, 9.17) is 0 Å². The molecular weight excluding hydrogens is 330 g/mol. The van der Waals surface area contributed by atoms with Crippen molar-refractivity contribution in [2.24, 2.45) is 0 Å². The van der Waals surface area contributed by atoms with E-state index in [0.29, 0.717) is 11.4 Å². The van der Waals surface area contributed by atoms with Gasteiger partial charge in [-0.15, -0.1) is 0 Å². The van der Waals surface area contributed by atoms with Crippen LogP contribution in [0.4, 0.5) is 5.69 Å². The van der Waals surface area contributed by atoms with Gasteiger partial charge in [-0.2, -0.15) is 5.10 Å². The summed E-state index contributed by atoms with van der Waals surface area (Å²) in [6, 6.07) is 6.33. The van der Waals surface area contributed by atoms with E-state index in [1.54, 1.807) is 30.7 Å². The minimum atomic E-state index is -3.89. The Morgan fingerprint density at radius 3 is 2.42 bits per heavy atom. The Labute approximate surface area is 141 Å². The first-order chi connectivity index (χ1) is 11.2. The van der Waals surface area contributed by atoms with Crippen LogP contribution >= 0.6 is 0 Å². The molecule has 0 saturated heterocycles. The fourth-order valence-corrected chi connectivity index (χ4v) is 4.08. The number of nitrogens with one attached hydrogen (secondary N) is 1. The number of hydrogen-bond donors (Lipinski definition) is 1. The lowest BCUT2D eigenvalue weighted by Crippen LogP contribution is -2.17. The average molecular weight is 351 g/mol. The molecule has 0 fully saturated rings. The molecule has 0 bridgehead atoms. The lowest BCUT2D eigenvalue weighted by molar-refractivity contribution is 0.0602. The Morgan fingerprint density at radius 2 is 1.88 bits per heavy atom. The van der Waals surface area contributed by atoms with Crippen molar-refractivity contribution < 1.29 is 17.9 Å². The number of carbonyl (C=O) groups excluding carboxylic acids is 1. The molecule has 1 aromatic heterocycles. The van der Waals surface area contributed by atoms with Gasteiger partial charge in [0.05, 0.1) is 29.7 Å². The molecule has 130 valence electrons. The van der Waals surface area contributed by atoms with Gasteiger partial charge in [-0.1, -0.05) is 12.1 Å². The van der Waals surface area contributed by atoms with Crippen LogP contribution in [0.2, 0.25) is 0 Å². The van der Waals surface area contributed by atoms with E-state index in [-0.39, 0.29) is 22.2 Å². The second kappa shape index (κ2) is 6.64. The third kappa shape index (κ3) is 3.28. The molecule has 0 radical (unpaired) electrons. The first kappa shape index (κ1) is 18.0. The maximum absolute atomic E-state index is 12.8. The van der Waals surface area contributed by atoms with Crippen LogP contribution in [0.3, 0.4) is 0 Å². The highest BCUT2D eigenvalue weighted by Gasteiger charge is 2.27. The van der Waals surface area contributed by atoms with Crippen molar-refractivity contribution in [3.05, 3.63) is 41.2 Å². The van der Waals surface area contributed by atoms with E-state index in [1.807, 2.05) is 13.8 Å². The standard InChI is InChI=1S/C16H21N3O4S/c1-10(2)19-12(4)15(11(3)17-19)24(21,22)18-14-9-7-6-8-13(14)16(20)23-5/h6-10,18H,1-5H3. The summed E-state index contributed by atoms with van der Waals surface area (Å²) in [6.07, 6.45) is 0. The van der Waals surface area contributed by atoms with Gasteiger partial charge in [-0.25, -0.2) is 13.2 Å². The molecule has 2 aromatic rings. The van der Waals surface area contributed by atoms with E-state index < -0.39 is 16.0 Å². The molecule has 0 aliphatic carbocycles. The predicted octanol–water partition coefficient (Wildman–Crippen LogP) is 2.67. The van der Waals surface area contributed by atoms with Gasteiger partial charge in [0, 0.05) is 6.04 Å². The van der Waals surface area contributed by atoms with Gasteiger partial charge < -0.3 is 4.74 Å². The van der Waals surface area contributed by atoms with Crippen molar-refractivity contribution in [2.45, 2.75) is 38.6 Å². The molecule has 1 aromatic carbocycles. The van der Waals surface area contributed by atoms with Crippen molar-refractivity contribution in [1.29, 1.82) is 0 Å². The van der Waals surface area contributed by atoms with Crippen molar-refractivity contribution in [3.63, 3.8) is 0 Å². The summed E-state index contributed by atoms with van der Waals surface area (Å²) in [5.41, 5.74) is 1.27. The SMILES string of the molecule is COC(=O)c1ccccc1NS(=O)(=O)c1c(C)nn(C(C)C)c1C. The van der Waals surface area contributed by atoms with Gasteiger partial charge in [0.15, 0.2) is 0 Å². The summed E-state index contributed by atoms with van der Waals surface area (Å²) in [6.45, 7) is 7.21. The number of benzene rings is 1. The molecule has 0 spiro atoms. The van der Waals surface area contributed by atoms with Gasteiger partial charge in [0.25, 0.3) is 10.0 Å². The molecule has 1 N–H and O–H groups in total. The minimum Gasteiger partial charge on any atom is -0.465 e. The van der Waals surface area contributed by atoms with Crippen LogP contribution < -0.4 is 4.72 Å². The van der Waals surface area contributed by atoms with Crippen LogP contribution in [-0.2, 0) is 14.8 Å². The third-order valence-electron chi connectivity index (χ3n) is 3.59. The number of nitrogens with zero attached hydrogens (tertiary/aromatic N) is 2. The first-order valence-corrected chi connectivity index (χ1v) is 8.93. The fourth-order valence-electron chi connectivity index (χ4n) is 2.60. The molecule has 0 unspecified atom stereocenters. The number of aryl methyl sites for hydroxylation is 1. The van der Waals surface area contributed by atoms with E-state index in [1.165, 1.54) is 19.2 Å². The zero-order valence-electron chi connectivity index (χ0n) is 14.3. The molecular formula is C16H21N3O4S. The lowest BCUT2D eigenvalue weighted by Gasteiger charge is -2.12. The van der Waals surface area contributed by atoms with Gasteiger partial charge >= 0.3 is 5.97 Å². The normalized spacial score (nSPS) is 11.6. The number of esters is 1. The van der Waals surface area contributed by atoms with Crippen LogP contribution in [-0.4, -0.2) is 31.3 Å². The maximum atomic E-state index is 12.8. The van der Waals surface area contributed by atoms with Crippen LogP contribution in [0.1, 0.15) is 41.6 Å². The van der Waals surface area contributed by atoms with Crippen molar-refractivity contribution in [1.82, 2.24) is 9.78 Å². The number of anilines is 1. The first-order valence-electron chi connectivity index (χ1n) is 7.45. The van der Waals surface area contributed by atoms with Crippen LogP contribution in [0, 0.1) is 13.8 Å². The number of aromatic nitrogens is 2. The molecule has 0 atom stereocenters. The number of ether oxygens (including phenoxy) is 1. The zero-order chi connectivity index (χ0) is 18.1. The van der Waals surface area contributed by atoms with Crippen LogP contribution in [0.25, 0.3) is 0 Å². The summed E-state index contributed by atoms with van der Waals surface area (Å²) >= 11 is 0. The highest BCUT2D eigenvalue weighted by atomic mass is 32.2. The zero-order valence-corrected chi connectivity index (χ0v) is 15.1. The average Bonchev–Trinajstić information content (AvgIpc) is 2.82. The van der Waals surface area contributed by atoms with Gasteiger partial charge in [0.2, 0.25) is 0 Å². The molecule has 7 nitrogen and oxygen atoms in total. The number of hydrogen-bond acceptors (Lipinski definition) is 5. The van der Waals surface area contributed by atoms with Crippen molar-refractivity contribution in [2.75, 3.05) is 11.8 Å². The molecule has 0 aliphatic rings. The van der Waals surface area contributed by atoms with E-state index >= 15 is 0 Å². The van der Waals surface area contributed by atoms with E-state index in [0.717, 1.165) is 0 Å². The summed E-state index contributed by atoms with van der Waals surface area (Å²) in [7, 11) is -2.65. The number of methoxy groups -OCH3 is 1. The number of rotatable bonds is 5. The highest BCUT2D eigenvalue weighted by molar-refractivity contribution is 7.92. The Balaban J connectivity index is 2.50. The summed E-state index contributed by atoms with van der Waals surface area (Å²) in [5.74, 6) is -0.611. The van der Waals surface area contributed by atoms with Crippen molar-refractivity contribution >= 4 is 21.7 Å². The molecule has 8 heteroatoms. The van der Waals surface area contributed by atoms with Crippen LogP contribution in [0.15, 0.2) is 29.2 Å². The minimum absolute atomic E-state index is 0.0370. The van der Waals surface area contributed by atoms with Gasteiger partial charge in [-0.3, -0.25) is 9.40 Å². The third-order valence-corrected chi connectivity index (χ3v) is 5.21. The summed E-state index contributed by atoms with van der Waals surface area (Å²) in [5, 5.41) is 4.30. The Hall–Kier alpha value is -2.35. The van der Waals surface area contributed by atoms with Crippen molar-refractivity contribution in [3.8, 4) is 0 Å². The van der Waals surface area contributed by atoms with E-state index in [9.17, 15) is 13.2 Å². The number of para-hydroxylation sites is 1. The topological polar surface area (TPSA) is 90.3 Å². The second-order valence-corrected chi connectivity index (χ2v) is 7.30.